The summed E-state index contributed by atoms with van der Waals surface area (Å²) in [6.45, 7) is 5.51. The number of allylic oxidation sites excluding steroid dienone is 1. The number of ether oxygens (including phenoxy) is 2. The first-order valence-corrected chi connectivity index (χ1v) is 4.93. The van der Waals surface area contributed by atoms with E-state index in [4.69, 9.17) is 4.74 Å². The summed E-state index contributed by atoms with van der Waals surface area (Å²) in [6, 6.07) is 0. The van der Waals surface area contributed by atoms with Crippen LogP contribution in [-0.2, 0) is 14.3 Å². The third kappa shape index (κ3) is 2.84. The van der Waals surface area contributed by atoms with Crippen molar-refractivity contribution >= 4 is 5.97 Å². The van der Waals surface area contributed by atoms with Crippen LogP contribution in [0.3, 0.4) is 0 Å². The molecule has 0 saturated carbocycles. The van der Waals surface area contributed by atoms with E-state index < -0.39 is 0 Å². The minimum atomic E-state index is -0.238. The zero-order chi connectivity index (χ0) is 10.6. The SMILES string of the molecule is COC(=O)C(C)=CC1(C)CCOCC1. The molecule has 1 rings (SSSR count). The molecule has 0 radical (unpaired) electrons. The Morgan fingerprint density at radius 2 is 2.00 bits per heavy atom. The van der Waals surface area contributed by atoms with E-state index in [-0.39, 0.29) is 11.4 Å². The smallest absolute Gasteiger partial charge is 0.333 e. The Kier molecular flexibility index (Phi) is 3.69. The third-order valence-electron chi connectivity index (χ3n) is 2.71. The van der Waals surface area contributed by atoms with Gasteiger partial charge < -0.3 is 9.47 Å². The van der Waals surface area contributed by atoms with Crippen molar-refractivity contribution in [1.82, 2.24) is 0 Å². The van der Waals surface area contributed by atoms with Gasteiger partial charge in [-0.3, -0.25) is 0 Å². The molecule has 1 saturated heterocycles. The number of carbonyl (C=O) groups is 1. The topological polar surface area (TPSA) is 35.5 Å². The molecular formula is C11H18O3. The van der Waals surface area contributed by atoms with Gasteiger partial charge in [0.2, 0.25) is 0 Å². The van der Waals surface area contributed by atoms with Crippen LogP contribution in [-0.4, -0.2) is 26.3 Å². The molecule has 0 bridgehead atoms. The second kappa shape index (κ2) is 4.60. The molecule has 0 N–H and O–H groups in total. The molecule has 0 aromatic carbocycles. The van der Waals surface area contributed by atoms with Crippen LogP contribution in [0.1, 0.15) is 26.7 Å². The van der Waals surface area contributed by atoms with Gasteiger partial charge in [0.05, 0.1) is 7.11 Å². The summed E-state index contributed by atoms with van der Waals surface area (Å²) in [5, 5.41) is 0. The molecule has 0 amide bonds. The largest absolute Gasteiger partial charge is 0.466 e. The maximum atomic E-state index is 11.2. The van der Waals surface area contributed by atoms with Crippen LogP contribution in [0.4, 0.5) is 0 Å². The fourth-order valence-electron chi connectivity index (χ4n) is 1.72. The molecule has 0 aliphatic carbocycles. The highest BCUT2D eigenvalue weighted by Gasteiger charge is 2.25. The highest BCUT2D eigenvalue weighted by atomic mass is 16.5. The fraction of sp³-hybridized carbons (Fsp3) is 0.727. The third-order valence-corrected chi connectivity index (χ3v) is 2.71. The van der Waals surface area contributed by atoms with Gasteiger partial charge in [-0.1, -0.05) is 13.0 Å². The standard InChI is InChI=1S/C11H18O3/c1-9(10(12)13-3)8-11(2)4-6-14-7-5-11/h8H,4-7H2,1-3H3. The van der Waals surface area contributed by atoms with Crippen molar-refractivity contribution in [1.29, 1.82) is 0 Å². The minimum absolute atomic E-state index is 0.0938. The van der Waals surface area contributed by atoms with Gasteiger partial charge in [-0.2, -0.15) is 0 Å². The number of rotatable bonds is 2. The molecule has 1 aliphatic heterocycles. The Balaban J connectivity index is 2.67. The molecule has 80 valence electrons. The molecule has 3 nitrogen and oxygen atoms in total. The summed E-state index contributed by atoms with van der Waals surface area (Å²) >= 11 is 0. The molecule has 0 aromatic heterocycles. The number of carbonyl (C=O) groups excluding carboxylic acids is 1. The summed E-state index contributed by atoms with van der Waals surface area (Å²) in [6.07, 6.45) is 3.96. The lowest BCUT2D eigenvalue weighted by Crippen LogP contribution is -2.25. The Labute approximate surface area is 85.1 Å². The lowest BCUT2D eigenvalue weighted by molar-refractivity contribution is -0.136. The van der Waals surface area contributed by atoms with Gasteiger partial charge in [0.25, 0.3) is 0 Å². The summed E-state index contributed by atoms with van der Waals surface area (Å²) in [4.78, 5) is 11.2. The Hall–Kier alpha value is -0.830. The van der Waals surface area contributed by atoms with Crippen LogP contribution < -0.4 is 0 Å². The lowest BCUT2D eigenvalue weighted by Gasteiger charge is -2.30. The van der Waals surface area contributed by atoms with Gasteiger partial charge in [-0.05, 0) is 25.2 Å². The van der Waals surface area contributed by atoms with Gasteiger partial charge in [0, 0.05) is 18.8 Å². The van der Waals surface area contributed by atoms with Crippen LogP contribution in [0.2, 0.25) is 0 Å². The molecule has 0 aromatic rings. The van der Waals surface area contributed by atoms with Crippen molar-refractivity contribution in [2.45, 2.75) is 26.7 Å². The zero-order valence-corrected chi connectivity index (χ0v) is 9.13. The van der Waals surface area contributed by atoms with Crippen molar-refractivity contribution in [2.75, 3.05) is 20.3 Å². The van der Waals surface area contributed by atoms with Crippen molar-refractivity contribution in [3.05, 3.63) is 11.6 Å². The second-order valence-electron chi connectivity index (χ2n) is 4.09. The molecule has 0 atom stereocenters. The molecule has 0 spiro atoms. The Morgan fingerprint density at radius 3 is 2.50 bits per heavy atom. The minimum Gasteiger partial charge on any atom is -0.466 e. The van der Waals surface area contributed by atoms with Crippen LogP contribution >= 0.6 is 0 Å². The predicted octanol–water partition coefficient (Wildman–Crippen LogP) is 1.92. The summed E-state index contributed by atoms with van der Waals surface area (Å²) in [7, 11) is 1.41. The van der Waals surface area contributed by atoms with E-state index in [9.17, 15) is 4.79 Å². The van der Waals surface area contributed by atoms with Crippen LogP contribution in [0.5, 0.6) is 0 Å². The van der Waals surface area contributed by atoms with Gasteiger partial charge in [0.15, 0.2) is 0 Å². The van der Waals surface area contributed by atoms with Crippen molar-refractivity contribution in [2.24, 2.45) is 5.41 Å². The molecular weight excluding hydrogens is 180 g/mol. The number of esters is 1. The van der Waals surface area contributed by atoms with E-state index in [1.54, 1.807) is 6.92 Å². The lowest BCUT2D eigenvalue weighted by atomic mass is 9.81. The van der Waals surface area contributed by atoms with E-state index in [0.717, 1.165) is 26.1 Å². The van der Waals surface area contributed by atoms with E-state index in [2.05, 4.69) is 11.7 Å². The average molecular weight is 198 g/mol. The summed E-state index contributed by atoms with van der Waals surface area (Å²) in [5.41, 5.74) is 0.785. The van der Waals surface area contributed by atoms with Crippen LogP contribution in [0.25, 0.3) is 0 Å². The first kappa shape index (κ1) is 11.2. The Morgan fingerprint density at radius 1 is 1.43 bits per heavy atom. The molecule has 0 unspecified atom stereocenters. The number of hydrogen-bond acceptors (Lipinski definition) is 3. The molecule has 1 fully saturated rings. The molecule has 1 heterocycles. The van der Waals surface area contributed by atoms with Gasteiger partial charge in [-0.25, -0.2) is 4.79 Å². The maximum Gasteiger partial charge on any atom is 0.333 e. The van der Waals surface area contributed by atoms with Gasteiger partial charge >= 0.3 is 5.97 Å². The molecule has 3 heteroatoms. The molecule has 14 heavy (non-hydrogen) atoms. The van der Waals surface area contributed by atoms with Gasteiger partial charge in [0.1, 0.15) is 0 Å². The number of hydrogen-bond donors (Lipinski definition) is 0. The highest BCUT2D eigenvalue weighted by molar-refractivity contribution is 5.87. The average Bonchev–Trinajstić information content (AvgIpc) is 2.17. The maximum absolute atomic E-state index is 11.2. The van der Waals surface area contributed by atoms with E-state index >= 15 is 0 Å². The normalized spacial score (nSPS) is 21.8. The van der Waals surface area contributed by atoms with Crippen LogP contribution in [0.15, 0.2) is 11.6 Å². The summed E-state index contributed by atoms with van der Waals surface area (Å²) < 4.78 is 9.95. The zero-order valence-electron chi connectivity index (χ0n) is 9.13. The van der Waals surface area contributed by atoms with Crippen molar-refractivity contribution in [3.8, 4) is 0 Å². The fourth-order valence-corrected chi connectivity index (χ4v) is 1.72. The van der Waals surface area contributed by atoms with Crippen molar-refractivity contribution in [3.63, 3.8) is 0 Å². The van der Waals surface area contributed by atoms with Gasteiger partial charge in [-0.15, -0.1) is 0 Å². The highest BCUT2D eigenvalue weighted by Crippen LogP contribution is 2.32. The van der Waals surface area contributed by atoms with Crippen molar-refractivity contribution < 1.29 is 14.3 Å². The predicted molar refractivity (Wildman–Crippen MR) is 53.9 cm³/mol. The summed E-state index contributed by atoms with van der Waals surface area (Å²) in [5.74, 6) is -0.238. The first-order valence-electron chi connectivity index (χ1n) is 4.93. The number of methoxy groups -OCH3 is 1. The second-order valence-corrected chi connectivity index (χ2v) is 4.09. The quantitative estimate of drug-likeness (QED) is 0.502. The van der Waals surface area contributed by atoms with E-state index in [1.807, 2.05) is 6.08 Å². The molecule has 1 aliphatic rings. The van der Waals surface area contributed by atoms with Crippen LogP contribution in [0, 0.1) is 5.41 Å². The monoisotopic (exact) mass is 198 g/mol. The first-order chi connectivity index (χ1) is 6.57. The Bertz CT molecular complexity index is 237. The van der Waals surface area contributed by atoms with E-state index in [1.165, 1.54) is 7.11 Å². The van der Waals surface area contributed by atoms with E-state index in [0.29, 0.717) is 5.57 Å².